The molecule has 0 bridgehead atoms. The number of pyridine rings is 1. The van der Waals surface area contributed by atoms with Crippen LogP contribution in [0.3, 0.4) is 0 Å². The highest BCUT2D eigenvalue weighted by Gasteiger charge is 2.07. The van der Waals surface area contributed by atoms with Crippen molar-refractivity contribution in [3.05, 3.63) is 24.0 Å². The second-order valence-electron chi connectivity index (χ2n) is 2.27. The Morgan fingerprint density at radius 2 is 2.36 bits per heavy atom. The van der Waals surface area contributed by atoms with Gasteiger partial charge in [-0.15, -0.1) is 0 Å². The molecule has 4 heteroatoms. The molecular weight excluding hydrogens is 142 g/mol. The molecule has 0 aliphatic carbocycles. The van der Waals surface area contributed by atoms with Crippen molar-refractivity contribution in [3.8, 4) is 0 Å². The second kappa shape index (κ2) is 3.32. The van der Waals surface area contributed by atoms with Gasteiger partial charge in [-0.2, -0.15) is 0 Å². The van der Waals surface area contributed by atoms with Crippen LogP contribution in [0.5, 0.6) is 0 Å². The van der Waals surface area contributed by atoms with Crippen molar-refractivity contribution in [2.45, 2.75) is 6.04 Å². The summed E-state index contributed by atoms with van der Waals surface area (Å²) in [4.78, 5) is 3.94. The molecule has 1 heterocycles. The van der Waals surface area contributed by atoms with Gasteiger partial charge >= 0.3 is 0 Å². The number of aliphatic hydroxyl groups excluding tert-OH is 1. The fourth-order valence-corrected chi connectivity index (χ4v) is 0.826. The molecule has 0 saturated carbocycles. The minimum Gasteiger partial charge on any atom is -0.397 e. The maximum absolute atomic E-state index is 8.69. The summed E-state index contributed by atoms with van der Waals surface area (Å²) in [6.45, 7) is -0.138. The van der Waals surface area contributed by atoms with E-state index in [0.717, 1.165) is 0 Å². The molecule has 1 rings (SSSR count). The molecule has 4 nitrogen and oxygen atoms in total. The van der Waals surface area contributed by atoms with Gasteiger partial charge < -0.3 is 16.6 Å². The summed E-state index contributed by atoms with van der Waals surface area (Å²) in [5.74, 6) is 0. The average molecular weight is 153 g/mol. The first-order valence-corrected chi connectivity index (χ1v) is 3.32. The summed E-state index contributed by atoms with van der Waals surface area (Å²) >= 11 is 0. The monoisotopic (exact) mass is 153 g/mol. The molecule has 11 heavy (non-hydrogen) atoms. The lowest BCUT2D eigenvalue weighted by Gasteiger charge is -2.08. The lowest BCUT2D eigenvalue weighted by molar-refractivity contribution is 0.266. The molecule has 0 saturated heterocycles. The molecule has 0 unspecified atom stereocenters. The number of rotatable bonds is 2. The van der Waals surface area contributed by atoms with Crippen LogP contribution in [-0.2, 0) is 0 Å². The molecular formula is C7H11N3O. The Morgan fingerprint density at radius 3 is 2.91 bits per heavy atom. The number of anilines is 1. The molecule has 60 valence electrons. The van der Waals surface area contributed by atoms with E-state index in [1.54, 1.807) is 18.3 Å². The van der Waals surface area contributed by atoms with Crippen molar-refractivity contribution in [2.75, 3.05) is 12.3 Å². The Labute approximate surface area is 64.9 Å². The van der Waals surface area contributed by atoms with Crippen molar-refractivity contribution in [3.63, 3.8) is 0 Å². The first-order valence-electron chi connectivity index (χ1n) is 3.32. The molecule has 1 aromatic heterocycles. The average Bonchev–Trinajstić information content (AvgIpc) is 2.04. The van der Waals surface area contributed by atoms with Gasteiger partial charge in [-0.1, -0.05) is 0 Å². The van der Waals surface area contributed by atoms with E-state index in [4.69, 9.17) is 16.6 Å². The number of hydrogen-bond donors (Lipinski definition) is 3. The largest absolute Gasteiger partial charge is 0.397 e. The van der Waals surface area contributed by atoms with Gasteiger partial charge in [0.2, 0.25) is 0 Å². The molecule has 0 aromatic carbocycles. The van der Waals surface area contributed by atoms with Gasteiger partial charge in [-0.05, 0) is 12.1 Å². The van der Waals surface area contributed by atoms with E-state index in [1.165, 1.54) is 0 Å². The fraction of sp³-hybridized carbons (Fsp3) is 0.286. The molecule has 0 aliphatic heterocycles. The van der Waals surface area contributed by atoms with Gasteiger partial charge in [-0.25, -0.2) is 0 Å². The van der Waals surface area contributed by atoms with E-state index < -0.39 is 6.04 Å². The van der Waals surface area contributed by atoms with Crippen LogP contribution in [0.25, 0.3) is 0 Å². The third kappa shape index (κ3) is 1.66. The van der Waals surface area contributed by atoms with Gasteiger partial charge in [0.25, 0.3) is 0 Å². The maximum atomic E-state index is 8.69. The van der Waals surface area contributed by atoms with Crippen LogP contribution in [0.4, 0.5) is 5.69 Å². The van der Waals surface area contributed by atoms with Gasteiger partial charge in [0.15, 0.2) is 0 Å². The smallest absolute Gasteiger partial charge is 0.0823 e. The predicted octanol–water partition coefficient (Wildman–Crippen LogP) is -0.344. The topological polar surface area (TPSA) is 85.2 Å². The van der Waals surface area contributed by atoms with Crippen molar-refractivity contribution >= 4 is 5.69 Å². The normalized spacial score (nSPS) is 12.9. The summed E-state index contributed by atoms with van der Waals surface area (Å²) in [5.41, 5.74) is 12.1. The van der Waals surface area contributed by atoms with Gasteiger partial charge in [0.1, 0.15) is 0 Å². The zero-order valence-electron chi connectivity index (χ0n) is 6.07. The highest BCUT2D eigenvalue weighted by atomic mass is 16.3. The summed E-state index contributed by atoms with van der Waals surface area (Å²) in [6.07, 6.45) is 1.60. The highest BCUT2D eigenvalue weighted by Crippen LogP contribution is 2.13. The number of nitrogen functional groups attached to an aromatic ring is 1. The Kier molecular flexibility index (Phi) is 2.40. The van der Waals surface area contributed by atoms with Gasteiger partial charge in [0, 0.05) is 6.20 Å². The number of aromatic nitrogens is 1. The minimum absolute atomic E-state index is 0.138. The Hall–Kier alpha value is -1.13. The minimum atomic E-state index is -0.476. The second-order valence-corrected chi connectivity index (χ2v) is 2.27. The molecule has 0 spiro atoms. The standard InChI is InChI=1S/C7H11N3O/c8-5-2-1-3-10-7(5)6(9)4-11/h1-3,6,11H,4,8-9H2/t6-/m0/s1. The number of nitrogens with zero attached hydrogens (tertiary/aromatic N) is 1. The summed E-state index contributed by atoms with van der Waals surface area (Å²) < 4.78 is 0. The van der Waals surface area contributed by atoms with Crippen molar-refractivity contribution in [2.24, 2.45) is 5.73 Å². The molecule has 0 amide bonds. The molecule has 0 aliphatic rings. The zero-order chi connectivity index (χ0) is 8.27. The highest BCUT2D eigenvalue weighted by molar-refractivity contribution is 5.43. The SMILES string of the molecule is Nc1cccnc1[C@@H](N)CO. The van der Waals surface area contributed by atoms with Crippen molar-refractivity contribution in [1.82, 2.24) is 4.98 Å². The third-order valence-corrected chi connectivity index (χ3v) is 1.42. The first kappa shape index (κ1) is 7.97. The van der Waals surface area contributed by atoms with Gasteiger partial charge in [0.05, 0.1) is 24.0 Å². The number of aliphatic hydroxyl groups is 1. The van der Waals surface area contributed by atoms with Crippen molar-refractivity contribution in [1.29, 1.82) is 0 Å². The van der Waals surface area contributed by atoms with E-state index in [9.17, 15) is 0 Å². The van der Waals surface area contributed by atoms with Crippen LogP contribution >= 0.6 is 0 Å². The summed E-state index contributed by atoms with van der Waals surface area (Å²) in [6, 6.07) is 2.96. The van der Waals surface area contributed by atoms with E-state index in [-0.39, 0.29) is 6.61 Å². The molecule has 1 atom stereocenters. The fourth-order valence-electron chi connectivity index (χ4n) is 0.826. The third-order valence-electron chi connectivity index (χ3n) is 1.42. The summed E-state index contributed by atoms with van der Waals surface area (Å²) in [7, 11) is 0. The lowest BCUT2D eigenvalue weighted by atomic mass is 10.2. The molecule has 5 N–H and O–H groups in total. The van der Waals surface area contributed by atoms with E-state index >= 15 is 0 Å². The Morgan fingerprint density at radius 1 is 1.64 bits per heavy atom. The van der Waals surface area contributed by atoms with Crippen LogP contribution < -0.4 is 11.5 Å². The quantitative estimate of drug-likeness (QED) is 0.542. The van der Waals surface area contributed by atoms with Crippen LogP contribution in [-0.4, -0.2) is 16.7 Å². The van der Waals surface area contributed by atoms with Crippen LogP contribution in [0, 0.1) is 0 Å². The van der Waals surface area contributed by atoms with Gasteiger partial charge in [-0.3, -0.25) is 4.98 Å². The number of hydrogen-bond acceptors (Lipinski definition) is 4. The Balaban J connectivity index is 2.93. The first-order chi connectivity index (χ1) is 5.25. The maximum Gasteiger partial charge on any atom is 0.0823 e. The lowest BCUT2D eigenvalue weighted by Crippen LogP contribution is -2.17. The van der Waals surface area contributed by atoms with Crippen LogP contribution in [0.2, 0.25) is 0 Å². The number of nitrogens with two attached hydrogens (primary N) is 2. The van der Waals surface area contributed by atoms with E-state index in [0.29, 0.717) is 11.4 Å². The molecule has 0 radical (unpaired) electrons. The Bertz CT molecular complexity index is 239. The molecule has 0 fully saturated rings. The predicted molar refractivity (Wildman–Crippen MR) is 42.7 cm³/mol. The van der Waals surface area contributed by atoms with E-state index in [1.807, 2.05) is 0 Å². The zero-order valence-corrected chi connectivity index (χ0v) is 6.07. The molecule has 1 aromatic rings. The summed E-state index contributed by atoms with van der Waals surface area (Å²) in [5, 5.41) is 8.69. The van der Waals surface area contributed by atoms with Crippen LogP contribution in [0.15, 0.2) is 18.3 Å². The van der Waals surface area contributed by atoms with Crippen LogP contribution in [0.1, 0.15) is 11.7 Å². The van der Waals surface area contributed by atoms with Crippen molar-refractivity contribution < 1.29 is 5.11 Å². The van der Waals surface area contributed by atoms with E-state index in [2.05, 4.69) is 4.98 Å².